The summed E-state index contributed by atoms with van der Waals surface area (Å²) >= 11 is 3.39. The smallest absolute Gasteiger partial charge is 0.241 e. The van der Waals surface area contributed by atoms with Crippen LogP contribution in [0, 0.1) is 6.92 Å². The lowest BCUT2D eigenvalue weighted by atomic mass is 10.1. The van der Waals surface area contributed by atoms with Crippen molar-refractivity contribution < 1.29 is 14.3 Å². The highest BCUT2D eigenvalue weighted by molar-refractivity contribution is 9.10. The molecule has 1 aromatic carbocycles. The number of hydrogen-bond donors (Lipinski definition) is 2. The molecule has 0 aromatic heterocycles. The van der Waals surface area contributed by atoms with Gasteiger partial charge in [0.2, 0.25) is 5.91 Å². The number of anilines is 1. The van der Waals surface area contributed by atoms with Crippen LogP contribution >= 0.6 is 15.9 Å². The second-order valence-electron chi connectivity index (χ2n) is 4.53. The molecule has 1 amide bonds. The van der Waals surface area contributed by atoms with Crippen molar-refractivity contribution in [2.75, 3.05) is 26.1 Å². The minimum absolute atomic E-state index is 0.218. The molecule has 0 fully saturated rings. The molecule has 112 valence electrons. The van der Waals surface area contributed by atoms with E-state index in [1.54, 1.807) is 20.3 Å². The highest BCUT2D eigenvalue weighted by Gasteiger charge is 2.17. The van der Waals surface area contributed by atoms with Crippen LogP contribution in [0.15, 0.2) is 16.6 Å². The number of ether oxygens (including phenoxy) is 2. The first kappa shape index (κ1) is 16.9. The number of carbonyl (C=O) groups is 1. The molecule has 0 aliphatic rings. The Morgan fingerprint density at radius 3 is 2.75 bits per heavy atom. The Kier molecular flexibility index (Phi) is 6.98. The molecule has 1 aromatic rings. The van der Waals surface area contributed by atoms with Crippen molar-refractivity contribution in [3.05, 3.63) is 22.2 Å². The first-order valence-corrected chi connectivity index (χ1v) is 7.18. The van der Waals surface area contributed by atoms with Gasteiger partial charge in [-0.05, 0) is 37.5 Å². The molecule has 20 heavy (non-hydrogen) atoms. The van der Waals surface area contributed by atoms with Crippen LogP contribution in [0.25, 0.3) is 0 Å². The molecular weight excluding hydrogens is 324 g/mol. The summed E-state index contributed by atoms with van der Waals surface area (Å²) in [4.78, 5) is 12.1. The Labute approximate surface area is 127 Å². The number of rotatable bonds is 7. The molecule has 1 unspecified atom stereocenters. The van der Waals surface area contributed by atoms with E-state index in [0.717, 1.165) is 16.5 Å². The molecule has 6 heteroatoms. The normalized spacial score (nSPS) is 12.1. The van der Waals surface area contributed by atoms with E-state index < -0.39 is 6.04 Å². The lowest BCUT2D eigenvalue weighted by molar-refractivity contribution is -0.117. The molecule has 0 aliphatic heterocycles. The number of methoxy groups -OCH3 is 2. The van der Waals surface area contributed by atoms with Crippen molar-refractivity contribution in [3.8, 4) is 5.75 Å². The van der Waals surface area contributed by atoms with Crippen LogP contribution in [0.3, 0.4) is 0 Å². The monoisotopic (exact) mass is 344 g/mol. The maximum atomic E-state index is 12.1. The zero-order valence-corrected chi connectivity index (χ0v) is 13.6. The molecule has 0 bridgehead atoms. The molecular formula is C14H21BrN2O3. The van der Waals surface area contributed by atoms with E-state index in [1.807, 2.05) is 13.0 Å². The second-order valence-corrected chi connectivity index (χ2v) is 5.45. The number of nitrogens with two attached hydrogens (primary N) is 1. The third kappa shape index (κ3) is 4.77. The van der Waals surface area contributed by atoms with E-state index in [0.29, 0.717) is 24.5 Å². The Balaban J connectivity index is 2.75. The molecule has 0 saturated carbocycles. The minimum Gasteiger partial charge on any atom is -0.495 e. The van der Waals surface area contributed by atoms with Gasteiger partial charge in [-0.1, -0.05) is 15.9 Å². The maximum Gasteiger partial charge on any atom is 0.241 e. The first-order valence-electron chi connectivity index (χ1n) is 6.39. The summed E-state index contributed by atoms with van der Waals surface area (Å²) < 4.78 is 11.1. The fraction of sp³-hybridized carbons (Fsp3) is 0.500. The SMILES string of the molecule is COCCCC(N)C(=O)Nc1c(C)cc(Br)cc1OC. The topological polar surface area (TPSA) is 73.6 Å². The molecule has 3 N–H and O–H groups in total. The fourth-order valence-electron chi connectivity index (χ4n) is 1.83. The Morgan fingerprint density at radius 2 is 2.15 bits per heavy atom. The van der Waals surface area contributed by atoms with Gasteiger partial charge < -0.3 is 20.5 Å². The molecule has 5 nitrogen and oxygen atoms in total. The number of nitrogens with one attached hydrogen (secondary N) is 1. The van der Waals surface area contributed by atoms with E-state index in [9.17, 15) is 4.79 Å². The number of halogens is 1. The number of hydrogen-bond acceptors (Lipinski definition) is 4. The van der Waals surface area contributed by atoms with Gasteiger partial charge in [-0.2, -0.15) is 0 Å². The lowest BCUT2D eigenvalue weighted by Gasteiger charge is -2.16. The molecule has 0 radical (unpaired) electrons. The van der Waals surface area contributed by atoms with Crippen LogP contribution in [0.1, 0.15) is 18.4 Å². The second kappa shape index (κ2) is 8.24. The molecule has 1 rings (SSSR count). The van der Waals surface area contributed by atoms with Crippen molar-refractivity contribution in [1.29, 1.82) is 0 Å². The van der Waals surface area contributed by atoms with Crippen LogP contribution < -0.4 is 15.8 Å². The number of aryl methyl sites for hydroxylation is 1. The van der Waals surface area contributed by atoms with Gasteiger partial charge >= 0.3 is 0 Å². The van der Waals surface area contributed by atoms with Crippen LogP contribution in [-0.4, -0.2) is 32.8 Å². The predicted octanol–water partition coefficient (Wildman–Crippen LogP) is 2.46. The minimum atomic E-state index is -0.557. The van der Waals surface area contributed by atoms with E-state index in [4.69, 9.17) is 15.2 Å². The molecule has 0 heterocycles. The van der Waals surface area contributed by atoms with Gasteiger partial charge in [0, 0.05) is 18.2 Å². The summed E-state index contributed by atoms with van der Waals surface area (Å²) in [5.41, 5.74) is 7.43. The van der Waals surface area contributed by atoms with Gasteiger partial charge in [-0.3, -0.25) is 4.79 Å². The summed E-state index contributed by atoms with van der Waals surface area (Å²) in [7, 11) is 3.19. The first-order chi connectivity index (χ1) is 9.49. The van der Waals surface area contributed by atoms with Gasteiger partial charge in [0.25, 0.3) is 0 Å². The van der Waals surface area contributed by atoms with Gasteiger partial charge in [0.1, 0.15) is 5.75 Å². The summed E-state index contributed by atoms with van der Waals surface area (Å²) in [5, 5.41) is 2.83. The van der Waals surface area contributed by atoms with E-state index in [2.05, 4.69) is 21.2 Å². The zero-order valence-electron chi connectivity index (χ0n) is 12.0. The van der Waals surface area contributed by atoms with Crippen LogP contribution in [-0.2, 0) is 9.53 Å². The maximum absolute atomic E-state index is 12.1. The van der Waals surface area contributed by atoms with Gasteiger partial charge in [-0.25, -0.2) is 0 Å². The number of benzene rings is 1. The molecule has 0 saturated heterocycles. The Morgan fingerprint density at radius 1 is 1.45 bits per heavy atom. The average Bonchev–Trinajstić information content (AvgIpc) is 2.41. The quantitative estimate of drug-likeness (QED) is 0.745. The van der Waals surface area contributed by atoms with Gasteiger partial charge in [0.15, 0.2) is 0 Å². The van der Waals surface area contributed by atoms with Crippen molar-refractivity contribution in [3.63, 3.8) is 0 Å². The highest BCUT2D eigenvalue weighted by Crippen LogP contribution is 2.32. The van der Waals surface area contributed by atoms with Crippen LogP contribution in [0.2, 0.25) is 0 Å². The van der Waals surface area contributed by atoms with Gasteiger partial charge in [-0.15, -0.1) is 0 Å². The zero-order chi connectivity index (χ0) is 15.1. The Bertz CT molecular complexity index is 466. The number of amides is 1. The Hall–Kier alpha value is -1.11. The predicted molar refractivity (Wildman–Crippen MR) is 83.1 cm³/mol. The summed E-state index contributed by atoms with van der Waals surface area (Å²) in [5.74, 6) is 0.388. The molecule has 0 aliphatic carbocycles. The lowest BCUT2D eigenvalue weighted by Crippen LogP contribution is -2.36. The van der Waals surface area contributed by atoms with E-state index >= 15 is 0 Å². The van der Waals surface area contributed by atoms with Crippen molar-refractivity contribution in [2.24, 2.45) is 5.73 Å². The third-order valence-electron chi connectivity index (χ3n) is 2.93. The fourth-order valence-corrected chi connectivity index (χ4v) is 2.38. The molecule has 1 atom stereocenters. The van der Waals surface area contributed by atoms with E-state index in [-0.39, 0.29) is 5.91 Å². The summed E-state index contributed by atoms with van der Waals surface area (Å²) in [6.45, 7) is 2.50. The molecule has 0 spiro atoms. The van der Waals surface area contributed by atoms with E-state index in [1.165, 1.54) is 0 Å². The van der Waals surface area contributed by atoms with Crippen molar-refractivity contribution in [2.45, 2.75) is 25.8 Å². The van der Waals surface area contributed by atoms with Crippen LogP contribution in [0.5, 0.6) is 5.75 Å². The third-order valence-corrected chi connectivity index (χ3v) is 3.39. The number of carbonyl (C=O) groups excluding carboxylic acids is 1. The largest absolute Gasteiger partial charge is 0.495 e. The summed E-state index contributed by atoms with van der Waals surface area (Å²) in [6, 6.07) is 3.16. The summed E-state index contributed by atoms with van der Waals surface area (Å²) in [6.07, 6.45) is 1.33. The van der Waals surface area contributed by atoms with Crippen LogP contribution in [0.4, 0.5) is 5.69 Å². The van der Waals surface area contributed by atoms with Crippen molar-refractivity contribution >= 4 is 27.5 Å². The van der Waals surface area contributed by atoms with Crippen molar-refractivity contribution in [1.82, 2.24) is 0 Å². The van der Waals surface area contributed by atoms with Gasteiger partial charge in [0.05, 0.1) is 18.8 Å². The average molecular weight is 345 g/mol. The highest BCUT2D eigenvalue weighted by atomic mass is 79.9. The standard InChI is InChI=1S/C14H21BrN2O3/c1-9-7-10(15)8-12(20-3)13(9)17-14(18)11(16)5-4-6-19-2/h7-8,11H,4-6,16H2,1-3H3,(H,17,18).